The first kappa shape index (κ1) is 11.4. The molecule has 0 saturated heterocycles. The van der Waals surface area contributed by atoms with Crippen LogP contribution < -0.4 is 0 Å². The van der Waals surface area contributed by atoms with Crippen LogP contribution in [0, 0.1) is 15.9 Å². The van der Waals surface area contributed by atoms with Gasteiger partial charge < -0.3 is 15.2 Å². The Bertz CT molecular complexity index is 397. The van der Waals surface area contributed by atoms with Crippen molar-refractivity contribution in [1.82, 2.24) is 4.98 Å². The summed E-state index contributed by atoms with van der Waals surface area (Å²) in [5.74, 6) is -2.36. The highest BCUT2D eigenvalue weighted by atomic mass is 19.3. The van der Waals surface area contributed by atoms with Crippen LogP contribution in [0.4, 0.5) is 19.0 Å². The van der Waals surface area contributed by atoms with Crippen LogP contribution in [-0.4, -0.2) is 15.0 Å². The summed E-state index contributed by atoms with van der Waals surface area (Å²) < 4.78 is 37.5. The topological polar surface area (TPSA) is 76.3 Å². The number of aliphatic hydroxyl groups is 1. The maximum Gasteiger partial charge on any atom is 0.366 e. The first-order chi connectivity index (χ1) is 6.97. The number of nitro groups is 1. The van der Waals surface area contributed by atoms with E-state index < -0.39 is 40.8 Å². The van der Waals surface area contributed by atoms with Gasteiger partial charge in [-0.2, -0.15) is 0 Å². The summed E-state index contributed by atoms with van der Waals surface area (Å²) in [7, 11) is 0. The molecule has 0 aliphatic heterocycles. The molecule has 1 aromatic rings. The zero-order chi connectivity index (χ0) is 11.6. The molecule has 8 heteroatoms. The smallest absolute Gasteiger partial charge is 0.366 e. The summed E-state index contributed by atoms with van der Waals surface area (Å²) in [6.07, 6.45) is -3.18. The van der Waals surface area contributed by atoms with Crippen LogP contribution in [0.25, 0.3) is 0 Å². The Labute approximate surface area is 81.3 Å². The zero-order valence-electron chi connectivity index (χ0n) is 7.15. The van der Waals surface area contributed by atoms with Gasteiger partial charge in [-0.1, -0.05) is 0 Å². The van der Waals surface area contributed by atoms with Gasteiger partial charge in [-0.3, -0.25) is 0 Å². The lowest BCUT2D eigenvalue weighted by atomic mass is 10.2. The number of hydrogen-bond donors (Lipinski definition) is 1. The number of alkyl halides is 2. The van der Waals surface area contributed by atoms with Crippen LogP contribution in [0.2, 0.25) is 0 Å². The van der Waals surface area contributed by atoms with Crippen LogP contribution in [0.5, 0.6) is 0 Å². The zero-order valence-corrected chi connectivity index (χ0v) is 7.15. The van der Waals surface area contributed by atoms with Gasteiger partial charge in [-0.25, -0.2) is 13.2 Å². The fourth-order valence-corrected chi connectivity index (χ4v) is 1.00. The summed E-state index contributed by atoms with van der Waals surface area (Å²) in [6.45, 7) is -0.988. The Balaban J connectivity index is 3.37. The van der Waals surface area contributed by atoms with Crippen LogP contribution in [0.3, 0.4) is 0 Å². The van der Waals surface area contributed by atoms with Crippen molar-refractivity contribution in [3.05, 3.63) is 33.3 Å². The number of aromatic nitrogens is 1. The molecule has 0 aromatic carbocycles. The first-order valence-electron chi connectivity index (χ1n) is 3.70. The molecule has 0 fully saturated rings. The van der Waals surface area contributed by atoms with E-state index in [1.165, 1.54) is 0 Å². The van der Waals surface area contributed by atoms with Crippen molar-refractivity contribution in [1.29, 1.82) is 0 Å². The maximum atomic E-state index is 13.0. The molecule has 0 spiro atoms. The largest absolute Gasteiger partial charge is 0.388 e. The predicted octanol–water partition coefficient (Wildman–Crippen LogP) is 1.56. The van der Waals surface area contributed by atoms with E-state index in [1.54, 1.807) is 0 Å². The average Bonchev–Trinajstić information content (AvgIpc) is 2.15. The van der Waals surface area contributed by atoms with Crippen molar-refractivity contribution in [3.8, 4) is 0 Å². The Morgan fingerprint density at radius 3 is 2.60 bits per heavy atom. The van der Waals surface area contributed by atoms with E-state index >= 15 is 0 Å². The molecule has 1 heterocycles. The van der Waals surface area contributed by atoms with Gasteiger partial charge in [0.25, 0.3) is 6.43 Å². The van der Waals surface area contributed by atoms with Gasteiger partial charge in [0.15, 0.2) is 5.69 Å². The number of halogens is 3. The van der Waals surface area contributed by atoms with Crippen molar-refractivity contribution < 1.29 is 23.2 Å². The molecule has 1 N–H and O–H groups in total. The fraction of sp³-hybridized carbons (Fsp3) is 0.286. The average molecular weight is 222 g/mol. The van der Waals surface area contributed by atoms with Crippen LogP contribution in [0.1, 0.15) is 17.7 Å². The molecule has 0 aliphatic rings. The Hall–Kier alpha value is -1.70. The van der Waals surface area contributed by atoms with E-state index in [1.807, 2.05) is 0 Å². The Morgan fingerprint density at radius 1 is 1.60 bits per heavy atom. The van der Waals surface area contributed by atoms with Gasteiger partial charge in [0.05, 0.1) is 6.07 Å². The highest BCUT2D eigenvalue weighted by molar-refractivity contribution is 5.31. The highest BCUT2D eigenvalue weighted by Crippen LogP contribution is 2.27. The minimum absolute atomic E-state index is 0.292. The van der Waals surface area contributed by atoms with E-state index in [4.69, 9.17) is 5.11 Å². The predicted molar refractivity (Wildman–Crippen MR) is 41.7 cm³/mol. The monoisotopic (exact) mass is 222 g/mol. The number of hydrogen-bond acceptors (Lipinski definition) is 4. The van der Waals surface area contributed by atoms with E-state index in [0.717, 1.165) is 0 Å². The molecule has 0 amide bonds. The van der Waals surface area contributed by atoms with Crippen LogP contribution in [-0.2, 0) is 6.61 Å². The van der Waals surface area contributed by atoms with E-state index in [9.17, 15) is 23.3 Å². The van der Waals surface area contributed by atoms with E-state index in [-0.39, 0.29) is 0 Å². The number of pyridine rings is 1. The minimum atomic E-state index is -3.18. The van der Waals surface area contributed by atoms with E-state index in [2.05, 4.69) is 4.98 Å². The van der Waals surface area contributed by atoms with Crippen molar-refractivity contribution >= 4 is 5.82 Å². The Kier molecular flexibility index (Phi) is 3.20. The van der Waals surface area contributed by atoms with Gasteiger partial charge in [0, 0.05) is 0 Å². The molecule has 0 radical (unpaired) electrons. The molecule has 0 atom stereocenters. The standard InChI is InChI=1S/C7H5F3N2O3/c8-3-1-5(12(14)15)11-4(2-13)6(3)7(9)10/h1,7,13H,2H2. The van der Waals surface area contributed by atoms with Crippen molar-refractivity contribution in [2.75, 3.05) is 0 Å². The first-order valence-corrected chi connectivity index (χ1v) is 3.70. The lowest BCUT2D eigenvalue weighted by Crippen LogP contribution is -2.05. The molecule has 0 bridgehead atoms. The number of rotatable bonds is 3. The molecule has 0 saturated carbocycles. The highest BCUT2D eigenvalue weighted by Gasteiger charge is 2.26. The SMILES string of the molecule is O=[N+]([O-])c1cc(F)c(C(F)F)c(CO)n1. The molecule has 0 unspecified atom stereocenters. The molecule has 82 valence electrons. The lowest BCUT2D eigenvalue weighted by molar-refractivity contribution is -0.389. The summed E-state index contributed by atoms with van der Waals surface area (Å²) in [4.78, 5) is 12.3. The van der Waals surface area contributed by atoms with Crippen LogP contribution in [0.15, 0.2) is 6.07 Å². The lowest BCUT2D eigenvalue weighted by Gasteiger charge is -2.03. The molecule has 5 nitrogen and oxygen atoms in total. The van der Waals surface area contributed by atoms with Crippen molar-refractivity contribution in [2.45, 2.75) is 13.0 Å². The fourth-order valence-electron chi connectivity index (χ4n) is 1.00. The second-order valence-corrected chi connectivity index (χ2v) is 2.54. The molecule has 1 rings (SSSR count). The molecule has 0 aliphatic carbocycles. The molecule has 15 heavy (non-hydrogen) atoms. The van der Waals surface area contributed by atoms with E-state index in [0.29, 0.717) is 6.07 Å². The van der Waals surface area contributed by atoms with Crippen LogP contribution >= 0.6 is 0 Å². The van der Waals surface area contributed by atoms with Gasteiger partial charge in [-0.15, -0.1) is 0 Å². The minimum Gasteiger partial charge on any atom is -0.388 e. The van der Waals surface area contributed by atoms with Gasteiger partial charge in [0.2, 0.25) is 0 Å². The summed E-state index contributed by atoms with van der Waals surface area (Å²) in [6, 6.07) is 0.292. The van der Waals surface area contributed by atoms with Gasteiger partial charge in [-0.05, 0) is 9.91 Å². The molecular formula is C7H5F3N2O3. The molecular weight excluding hydrogens is 217 g/mol. The molecule has 1 aromatic heterocycles. The summed E-state index contributed by atoms with van der Waals surface area (Å²) in [5.41, 5.74) is -1.83. The van der Waals surface area contributed by atoms with Crippen molar-refractivity contribution in [3.63, 3.8) is 0 Å². The van der Waals surface area contributed by atoms with Gasteiger partial charge >= 0.3 is 5.82 Å². The number of nitrogens with zero attached hydrogens (tertiary/aromatic N) is 2. The van der Waals surface area contributed by atoms with Gasteiger partial charge in [0.1, 0.15) is 18.0 Å². The second-order valence-electron chi connectivity index (χ2n) is 2.54. The number of aliphatic hydroxyl groups excluding tert-OH is 1. The third-order valence-corrected chi connectivity index (χ3v) is 1.63. The Morgan fingerprint density at radius 2 is 2.20 bits per heavy atom. The second kappa shape index (κ2) is 4.22. The quantitative estimate of drug-likeness (QED) is 0.621. The summed E-state index contributed by atoms with van der Waals surface area (Å²) >= 11 is 0. The third kappa shape index (κ3) is 2.21. The summed E-state index contributed by atoms with van der Waals surface area (Å²) in [5, 5.41) is 18.8. The normalized spacial score (nSPS) is 10.7. The maximum absolute atomic E-state index is 13.0. The van der Waals surface area contributed by atoms with Crippen molar-refractivity contribution in [2.24, 2.45) is 0 Å². The third-order valence-electron chi connectivity index (χ3n) is 1.63.